The van der Waals surface area contributed by atoms with E-state index in [1.54, 1.807) is 11.0 Å². The highest BCUT2D eigenvalue weighted by atomic mass is 16.3. The van der Waals surface area contributed by atoms with Gasteiger partial charge in [0.25, 0.3) is 5.91 Å². The summed E-state index contributed by atoms with van der Waals surface area (Å²) in [6.07, 6.45) is 3.07. The van der Waals surface area contributed by atoms with Crippen LogP contribution in [0.2, 0.25) is 0 Å². The van der Waals surface area contributed by atoms with Gasteiger partial charge >= 0.3 is 0 Å². The van der Waals surface area contributed by atoms with E-state index in [-0.39, 0.29) is 36.5 Å². The van der Waals surface area contributed by atoms with Gasteiger partial charge in [0.05, 0.1) is 6.61 Å². The molecule has 0 saturated carbocycles. The summed E-state index contributed by atoms with van der Waals surface area (Å²) in [5.74, 6) is -0.466. The summed E-state index contributed by atoms with van der Waals surface area (Å²) in [4.78, 5) is 17.8. The fourth-order valence-electron chi connectivity index (χ4n) is 1.98. The lowest BCUT2D eigenvalue weighted by atomic mass is 10.1. The maximum absolute atomic E-state index is 12.3. The summed E-state index contributed by atoms with van der Waals surface area (Å²) < 4.78 is 0. The molecule has 2 N–H and O–H groups in total. The minimum Gasteiger partial charge on any atom is -0.505 e. The van der Waals surface area contributed by atoms with Gasteiger partial charge in [-0.05, 0) is 25.0 Å². The van der Waals surface area contributed by atoms with Crippen LogP contribution in [0, 0.1) is 0 Å². The third-order valence-electron chi connectivity index (χ3n) is 2.97. The molecule has 0 aliphatic rings. The van der Waals surface area contributed by atoms with Crippen molar-refractivity contribution < 1.29 is 15.0 Å². The number of aliphatic hydroxyl groups is 1. The fourth-order valence-corrected chi connectivity index (χ4v) is 1.98. The number of pyridine rings is 1. The molecule has 5 nitrogen and oxygen atoms in total. The summed E-state index contributed by atoms with van der Waals surface area (Å²) in [5, 5.41) is 18.7. The number of carbonyl (C=O) groups is 1. The Kier molecular flexibility index (Phi) is 5.58. The minimum atomic E-state index is -0.337. The van der Waals surface area contributed by atoms with Gasteiger partial charge in [-0.25, -0.2) is 4.98 Å². The van der Waals surface area contributed by atoms with Crippen LogP contribution in [0.15, 0.2) is 18.3 Å². The molecule has 100 valence electrons. The summed E-state index contributed by atoms with van der Waals surface area (Å²) in [5.41, 5.74) is 0.0397. The minimum absolute atomic E-state index is 0.0397. The maximum atomic E-state index is 12.3. The molecule has 1 rings (SSSR count). The van der Waals surface area contributed by atoms with Crippen LogP contribution >= 0.6 is 0 Å². The second-order valence-electron chi connectivity index (χ2n) is 4.06. The number of aliphatic hydroxyl groups excluding tert-OH is 1. The number of hydrogen-bond donors (Lipinski definition) is 2. The van der Waals surface area contributed by atoms with E-state index in [4.69, 9.17) is 5.11 Å². The Morgan fingerprint density at radius 1 is 1.44 bits per heavy atom. The number of amides is 1. The van der Waals surface area contributed by atoms with E-state index in [0.717, 1.165) is 12.8 Å². The second-order valence-corrected chi connectivity index (χ2v) is 4.06. The molecular weight excluding hydrogens is 232 g/mol. The predicted molar refractivity (Wildman–Crippen MR) is 68.4 cm³/mol. The lowest BCUT2D eigenvalue weighted by molar-refractivity contribution is 0.0613. The van der Waals surface area contributed by atoms with Gasteiger partial charge in [0.1, 0.15) is 5.75 Å². The van der Waals surface area contributed by atoms with Gasteiger partial charge in [-0.1, -0.05) is 13.8 Å². The molecule has 1 aromatic heterocycles. The van der Waals surface area contributed by atoms with Crippen molar-refractivity contribution in [2.24, 2.45) is 0 Å². The Bertz CT molecular complexity index is 392. The van der Waals surface area contributed by atoms with Crippen molar-refractivity contribution in [1.82, 2.24) is 9.88 Å². The number of aromatic hydroxyl groups is 1. The molecule has 0 bridgehead atoms. The first-order valence-electron chi connectivity index (χ1n) is 6.21. The van der Waals surface area contributed by atoms with Crippen molar-refractivity contribution in [1.29, 1.82) is 0 Å². The smallest absolute Gasteiger partial charge is 0.276 e. The van der Waals surface area contributed by atoms with Gasteiger partial charge in [-0.15, -0.1) is 0 Å². The zero-order valence-corrected chi connectivity index (χ0v) is 10.8. The SMILES string of the molecule is CCC(CC)N(CCO)C(=O)c1ncccc1O. The first kappa shape index (κ1) is 14.4. The van der Waals surface area contributed by atoms with Gasteiger partial charge in [-0.3, -0.25) is 4.79 Å². The van der Waals surface area contributed by atoms with Crippen LogP contribution in [-0.4, -0.2) is 45.2 Å². The average molecular weight is 252 g/mol. The Hall–Kier alpha value is -1.62. The topological polar surface area (TPSA) is 73.7 Å². The number of nitrogens with zero attached hydrogens (tertiary/aromatic N) is 2. The highest BCUT2D eigenvalue weighted by Gasteiger charge is 2.24. The molecule has 1 heterocycles. The summed E-state index contributed by atoms with van der Waals surface area (Å²) >= 11 is 0. The zero-order chi connectivity index (χ0) is 13.5. The molecule has 0 aliphatic carbocycles. The number of hydrogen-bond acceptors (Lipinski definition) is 4. The lowest BCUT2D eigenvalue weighted by Gasteiger charge is -2.29. The monoisotopic (exact) mass is 252 g/mol. The van der Waals surface area contributed by atoms with Crippen LogP contribution in [0.1, 0.15) is 37.2 Å². The normalized spacial score (nSPS) is 10.7. The van der Waals surface area contributed by atoms with E-state index in [1.165, 1.54) is 12.3 Å². The van der Waals surface area contributed by atoms with Crippen LogP contribution in [0.4, 0.5) is 0 Å². The number of aromatic nitrogens is 1. The first-order valence-corrected chi connectivity index (χ1v) is 6.21. The average Bonchev–Trinajstić information content (AvgIpc) is 2.39. The van der Waals surface area contributed by atoms with Crippen LogP contribution < -0.4 is 0 Å². The Balaban J connectivity index is 2.99. The van der Waals surface area contributed by atoms with E-state index >= 15 is 0 Å². The molecule has 0 saturated heterocycles. The number of rotatable bonds is 6. The molecule has 1 aromatic rings. The maximum Gasteiger partial charge on any atom is 0.276 e. The molecule has 0 radical (unpaired) electrons. The van der Waals surface area contributed by atoms with Crippen molar-refractivity contribution >= 4 is 5.91 Å². The summed E-state index contributed by atoms with van der Waals surface area (Å²) in [7, 11) is 0. The van der Waals surface area contributed by atoms with Crippen molar-refractivity contribution in [3.63, 3.8) is 0 Å². The highest BCUT2D eigenvalue weighted by Crippen LogP contribution is 2.18. The molecule has 0 unspecified atom stereocenters. The third kappa shape index (κ3) is 3.20. The van der Waals surface area contributed by atoms with Crippen LogP contribution in [-0.2, 0) is 0 Å². The van der Waals surface area contributed by atoms with E-state index in [2.05, 4.69) is 4.98 Å². The number of carbonyl (C=O) groups excluding carboxylic acids is 1. The third-order valence-corrected chi connectivity index (χ3v) is 2.97. The van der Waals surface area contributed by atoms with E-state index < -0.39 is 0 Å². The van der Waals surface area contributed by atoms with Gasteiger partial charge in [0.15, 0.2) is 5.69 Å². The van der Waals surface area contributed by atoms with Crippen LogP contribution in [0.3, 0.4) is 0 Å². The molecule has 0 aromatic carbocycles. The van der Waals surface area contributed by atoms with E-state index in [9.17, 15) is 9.90 Å². The van der Waals surface area contributed by atoms with E-state index in [0.29, 0.717) is 0 Å². The Labute approximate surface area is 107 Å². The summed E-state index contributed by atoms with van der Waals surface area (Å²) in [6, 6.07) is 3.05. The molecule has 0 spiro atoms. The van der Waals surface area contributed by atoms with Crippen molar-refractivity contribution in [3.8, 4) is 5.75 Å². The van der Waals surface area contributed by atoms with Crippen LogP contribution in [0.5, 0.6) is 5.75 Å². The largest absolute Gasteiger partial charge is 0.505 e. The molecule has 0 aliphatic heterocycles. The van der Waals surface area contributed by atoms with Gasteiger partial charge in [-0.2, -0.15) is 0 Å². The Morgan fingerprint density at radius 3 is 2.61 bits per heavy atom. The molecule has 0 fully saturated rings. The van der Waals surface area contributed by atoms with Crippen molar-refractivity contribution in [3.05, 3.63) is 24.0 Å². The molecule has 18 heavy (non-hydrogen) atoms. The van der Waals surface area contributed by atoms with Crippen molar-refractivity contribution in [2.75, 3.05) is 13.2 Å². The zero-order valence-electron chi connectivity index (χ0n) is 10.8. The molecule has 1 amide bonds. The van der Waals surface area contributed by atoms with Gasteiger partial charge < -0.3 is 15.1 Å². The highest BCUT2D eigenvalue weighted by molar-refractivity contribution is 5.95. The molecular formula is C13H20N2O3. The molecule has 0 atom stereocenters. The summed E-state index contributed by atoms with van der Waals surface area (Å²) in [6.45, 7) is 4.13. The first-order chi connectivity index (χ1) is 8.65. The predicted octanol–water partition coefficient (Wildman–Crippen LogP) is 1.41. The van der Waals surface area contributed by atoms with Crippen molar-refractivity contribution in [2.45, 2.75) is 32.7 Å². The van der Waals surface area contributed by atoms with Crippen LogP contribution in [0.25, 0.3) is 0 Å². The quantitative estimate of drug-likeness (QED) is 0.802. The fraction of sp³-hybridized carbons (Fsp3) is 0.538. The van der Waals surface area contributed by atoms with Gasteiger partial charge in [0, 0.05) is 18.8 Å². The lowest BCUT2D eigenvalue weighted by Crippen LogP contribution is -2.41. The standard InChI is InChI=1S/C13H20N2O3/c1-3-10(4-2)15(8-9-16)13(18)12-11(17)6-5-7-14-12/h5-7,10,16-17H,3-4,8-9H2,1-2H3. The van der Waals surface area contributed by atoms with E-state index in [1.807, 2.05) is 13.8 Å². The molecule has 5 heteroatoms. The Morgan fingerprint density at radius 2 is 2.11 bits per heavy atom. The second kappa shape index (κ2) is 6.96. The van der Waals surface area contributed by atoms with Gasteiger partial charge in [0.2, 0.25) is 0 Å².